The second-order valence-corrected chi connectivity index (χ2v) is 6.26. The second kappa shape index (κ2) is 9.31. The third-order valence-electron chi connectivity index (χ3n) is 4.03. The molecule has 0 unspecified atom stereocenters. The van der Waals surface area contributed by atoms with Gasteiger partial charge in [-0.05, 0) is 29.8 Å². The fourth-order valence-electron chi connectivity index (χ4n) is 2.54. The molecule has 0 radical (unpaired) electrons. The van der Waals surface area contributed by atoms with Crippen LogP contribution in [0.1, 0.15) is 26.3 Å². The molecule has 2 aromatic rings. The normalized spacial score (nSPS) is 11.0. The van der Waals surface area contributed by atoms with E-state index in [2.05, 4.69) is 0 Å². The lowest BCUT2D eigenvalue weighted by molar-refractivity contribution is -0.123. The van der Waals surface area contributed by atoms with Gasteiger partial charge in [0.05, 0.1) is 14.2 Å². The van der Waals surface area contributed by atoms with Crippen molar-refractivity contribution in [3.63, 3.8) is 0 Å². The molecule has 29 heavy (non-hydrogen) atoms. The number of hydrogen-bond donors (Lipinski definition) is 1. The van der Waals surface area contributed by atoms with Gasteiger partial charge in [0.15, 0.2) is 0 Å². The predicted molar refractivity (Wildman–Crippen MR) is 100 cm³/mol. The maximum atomic E-state index is 12.7. The zero-order chi connectivity index (χ0) is 21.6. The summed E-state index contributed by atoms with van der Waals surface area (Å²) < 4.78 is 46.9. The average molecular weight is 410 g/mol. The molecule has 0 heterocycles. The number of amides is 2. The van der Waals surface area contributed by atoms with Gasteiger partial charge >= 0.3 is 6.18 Å². The predicted octanol–water partition coefficient (Wildman–Crippen LogP) is 3.27. The van der Waals surface area contributed by atoms with E-state index in [1.807, 2.05) is 5.32 Å². The minimum absolute atomic E-state index is 0.101. The smallest absolute Gasteiger partial charge is 0.405 e. The molecule has 9 heteroatoms. The van der Waals surface area contributed by atoms with Gasteiger partial charge in [-0.2, -0.15) is 13.2 Å². The summed E-state index contributed by atoms with van der Waals surface area (Å²) in [6.07, 6.45) is -4.47. The Labute approximate surface area is 166 Å². The molecular formula is C20H21F3N2O4. The van der Waals surface area contributed by atoms with Crippen molar-refractivity contribution in [3.05, 3.63) is 59.2 Å². The Kier molecular flexibility index (Phi) is 7.08. The van der Waals surface area contributed by atoms with Crippen molar-refractivity contribution in [2.45, 2.75) is 12.7 Å². The molecule has 0 aromatic heterocycles. The first kappa shape index (κ1) is 22.1. The zero-order valence-electron chi connectivity index (χ0n) is 16.2. The highest BCUT2D eigenvalue weighted by molar-refractivity contribution is 5.95. The third-order valence-corrected chi connectivity index (χ3v) is 4.03. The van der Waals surface area contributed by atoms with Crippen LogP contribution in [0.3, 0.4) is 0 Å². The number of rotatable bonds is 7. The van der Waals surface area contributed by atoms with E-state index >= 15 is 0 Å². The van der Waals surface area contributed by atoms with Crippen LogP contribution in [0.5, 0.6) is 11.5 Å². The highest BCUT2D eigenvalue weighted by Gasteiger charge is 2.27. The number of hydrogen-bond acceptors (Lipinski definition) is 4. The van der Waals surface area contributed by atoms with Crippen LogP contribution in [0, 0.1) is 0 Å². The SMILES string of the molecule is COc1cc(OC)cc(C(=O)N(C)Cc2ccc(C(=O)NCC(F)(F)F)cc2)c1. The van der Waals surface area contributed by atoms with Crippen LogP contribution < -0.4 is 14.8 Å². The van der Waals surface area contributed by atoms with Gasteiger partial charge in [0.2, 0.25) is 0 Å². The minimum Gasteiger partial charge on any atom is -0.497 e. The van der Waals surface area contributed by atoms with Crippen molar-refractivity contribution in [2.24, 2.45) is 0 Å². The van der Waals surface area contributed by atoms with E-state index in [4.69, 9.17) is 9.47 Å². The van der Waals surface area contributed by atoms with Crippen LogP contribution >= 0.6 is 0 Å². The number of halogens is 3. The fraction of sp³-hybridized carbons (Fsp3) is 0.300. The number of nitrogens with one attached hydrogen (secondary N) is 1. The van der Waals surface area contributed by atoms with Crippen molar-refractivity contribution in [2.75, 3.05) is 27.8 Å². The average Bonchev–Trinajstić information content (AvgIpc) is 2.70. The summed E-state index contributed by atoms with van der Waals surface area (Å²) in [5, 5.41) is 1.81. The first-order valence-electron chi connectivity index (χ1n) is 8.55. The van der Waals surface area contributed by atoms with E-state index < -0.39 is 18.6 Å². The molecule has 0 atom stereocenters. The van der Waals surface area contributed by atoms with Crippen molar-refractivity contribution < 1.29 is 32.2 Å². The van der Waals surface area contributed by atoms with E-state index in [1.54, 1.807) is 37.4 Å². The Morgan fingerprint density at radius 3 is 2.00 bits per heavy atom. The van der Waals surface area contributed by atoms with Gasteiger partial charge in [-0.15, -0.1) is 0 Å². The lowest BCUT2D eigenvalue weighted by atomic mass is 10.1. The van der Waals surface area contributed by atoms with Crippen LogP contribution in [0.4, 0.5) is 13.2 Å². The first-order chi connectivity index (χ1) is 13.6. The molecule has 0 fully saturated rings. The maximum absolute atomic E-state index is 12.7. The van der Waals surface area contributed by atoms with Gasteiger partial charge < -0.3 is 19.7 Å². The Morgan fingerprint density at radius 1 is 0.966 bits per heavy atom. The van der Waals surface area contributed by atoms with Crippen molar-refractivity contribution in [3.8, 4) is 11.5 Å². The maximum Gasteiger partial charge on any atom is 0.405 e. The lowest BCUT2D eigenvalue weighted by Crippen LogP contribution is -2.33. The summed E-state index contributed by atoms with van der Waals surface area (Å²) in [5.74, 6) is -0.123. The van der Waals surface area contributed by atoms with Crippen molar-refractivity contribution in [1.82, 2.24) is 10.2 Å². The Balaban J connectivity index is 2.04. The number of methoxy groups -OCH3 is 2. The topological polar surface area (TPSA) is 67.9 Å². The van der Waals surface area contributed by atoms with Gasteiger partial charge in [0, 0.05) is 30.8 Å². The van der Waals surface area contributed by atoms with E-state index in [1.165, 1.54) is 31.3 Å². The van der Waals surface area contributed by atoms with Crippen LogP contribution in [0.2, 0.25) is 0 Å². The quantitative estimate of drug-likeness (QED) is 0.761. The molecular weight excluding hydrogens is 389 g/mol. The number of ether oxygens (including phenoxy) is 2. The number of benzene rings is 2. The largest absolute Gasteiger partial charge is 0.497 e. The summed E-state index contributed by atoms with van der Waals surface area (Å²) in [5.41, 5.74) is 1.19. The standard InChI is InChI=1S/C20H21F3N2O4/c1-25(19(27)15-8-16(28-2)10-17(9-15)29-3)11-13-4-6-14(7-5-13)18(26)24-12-20(21,22)23/h4-10H,11-12H2,1-3H3,(H,24,26). The molecule has 0 aliphatic carbocycles. The van der Waals surface area contributed by atoms with Gasteiger partial charge in [0.1, 0.15) is 18.0 Å². The number of carbonyl (C=O) groups excluding carboxylic acids is 2. The minimum atomic E-state index is -4.47. The lowest BCUT2D eigenvalue weighted by Gasteiger charge is -2.18. The van der Waals surface area contributed by atoms with E-state index in [0.29, 0.717) is 22.6 Å². The van der Waals surface area contributed by atoms with Crippen LogP contribution in [-0.2, 0) is 6.54 Å². The van der Waals surface area contributed by atoms with E-state index in [0.717, 1.165) is 0 Å². The number of carbonyl (C=O) groups is 2. The highest BCUT2D eigenvalue weighted by Crippen LogP contribution is 2.23. The van der Waals surface area contributed by atoms with Gasteiger partial charge in [0.25, 0.3) is 11.8 Å². The molecule has 0 aliphatic rings. The highest BCUT2D eigenvalue weighted by atomic mass is 19.4. The first-order valence-corrected chi connectivity index (χ1v) is 8.55. The molecule has 0 saturated heterocycles. The summed E-state index contributed by atoms with van der Waals surface area (Å²) in [6.45, 7) is -1.16. The molecule has 0 spiro atoms. The van der Waals surface area contributed by atoms with Gasteiger partial charge in [-0.3, -0.25) is 9.59 Å². The fourth-order valence-corrected chi connectivity index (χ4v) is 2.54. The summed E-state index contributed by atoms with van der Waals surface area (Å²) in [7, 11) is 4.58. The third kappa shape index (κ3) is 6.41. The molecule has 0 aliphatic heterocycles. The summed E-state index contributed by atoms with van der Waals surface area (Å²) >= 11 is 0. The Morgan fingerprint density at radius 2 is 1.52 bits per heavy atom. The van der Waals surface area contributed by atoms with E-state index in [9.17, 15) is 22.8 Å². The molecule has 1 N–H and O–H groups in total. The van der Waals surface area contributed by atoms with Crippen molar-refractivity contribution in [1.29, 1.82) is 0 Å². The van der Waals surface area contributed by atoms with Crippen LogP contribution in [0.25, 0.3) is 0 Å². The summed E-state index contributed by atoms with van der Waals surface area (Å²) in [6, 6.07) is 10.8. The van der Waals surface area contributed by atoms with Gasteiger partial charge in [-0.25, -0.2) is 0 Å². The molecule has 2 aromatic carbocycles. The van der Waals surface area contributed by atoms with Crippen LogP contribution in [0.15, 0.2) is 42.5 Å². The van der Waals surface area contributed by atoms with Crippen molar-refractivity contribution >= 4 is 11.8 Å². The molecule has 156 valence electrons. The second-order valence-electron chi connectivity index (χ2n) is 6.26. The molecule has 2 rings (SSSR count). The number of alkyl halides is 3. The molecule has 6 nitrogen and oxygen atoms in total. The van der Waals surface area contributed by atoms with Gasteiger partial charge in [-0.1, -0.05) is 12.1 Å². The Hall–Kier alpha value is -3.23. The molecule has 0 saturated carbocycles. The molecule has 2 amide bonds. The van der Waals surface area contributed by atoms with E-state index in [-0.39, 0.29) is 18.0 Å². The zero-order valence-corrected chi connectivity index (χ0v) is 16.2. The Bertz CT molecular complexity index is 845. The number of nitrogens with zero attached hydrogens (tertiary/aromatic N) is 1. The molecule has 0 bridgehead atoms. The van der Waals surface area contributed by atoms with Crippen LogP contribution in [-0.4, -0.2) is 50.7 Å². The summed E-state index contributed by atoms with van der Waals surface area (Å²) in [4.78, 5) is 25.9. The monoisotopic (exact) mass is 410 g/mol.